The first kappa shape index (κ1) is 15.4. The lowest BCUT2D eigenvalue weighted by Gasteiger charge is -2.05. The van der Waals surface area contributed by atoms with Gasteiger partial charge in [-0.2, -0.15) is 0 Å². The molecule has 0 aromatic rings. The zero-order valence-corrected chi connectivity index (χ0v) is 10.5. The van der Waals surface area contributed by atoms with Crippen molar-refractivity contribution in [1.29, 1.82) is 0 Å². The highest BCUT2D eigenvalue weighted by Gasteiger charge is 2.00. The molecular formula is C12H24O4. The largest absolute Gasteiger partial charge is 0.466 e. The Labute approximate surface area is 98.3 Å². The highest BCUT2D eigenvalue weighted by atomic mass is 16.5. The van der Waals surface area contributed by atoms with E-state index < -0.39 is 0 Å². The van der Waals surface area contributed by atoms with Crippen LogP contribution in [-0.2, 0) is 19.0 Å². The van der Waals surface area contributed by atoms with Gasteiger partial charge in [0.1, 0.15) is 0 Å². The molecule has 0 bridgehead atoms. The lowest BCUT2D eigenvalue weighted by Crippen LogP contribution is -2.08. The van der Waals surface area contributed by atoms with E-state index in [1.165, 1.54) is 0 Å². The van der Waals surface area contributed by atoms with Gasteiger partial charge in [-0.3, -0.25) is 4.79 Å². The summed E-state index contributed by atoms with van der Waals surface area (Å²) in [7, 11) is 0. The van der Waals surface area contributed by atoms with E-state index in [2.05, 4.69) is 6.92 Å². The number of carbonyl (C=O) groups excluding carboxylic acids is 1. The zero-order chi connectivity index (χ0) is 12.1. The maximum atomic E-state index is 10.9. The van der Waals surface area contributed by atoms with Gasteiger partial charge >= 0.3 is 5.97 Å². The number of esters is 1. The molecule has 0 unspecified atom stereocenters. The number of hydrogen-bond acceptors (Lipinski definition) is 4. The minimum Gasteiger partial charge on any atom is -0.466 e. The molecular weight excluding hydrogens is 208 g/mol. The van der Waals surface area contributed by atoms with Gasteiger partial charge in [0.2, 0.25) is 0 Å². The molecule has 0 N–H and O–H groups in total. The van der Waals surface area contributed by atoms with Crippen LogP contribution in [0, 0.1) is 0 Å². The summed E-state index contributed by atoms with van der Waals surface area (Å²) in [5.41, 5.74) is 0. The van der Waals surface area contributed by atoms with Gasteiger partial charge in [0.15, 0.2) is 0 Å². The number of unbranched alkanes of at least 4 members (excludes halogenated alkanes) is 1. The maximum Gasteiger partial charge on any atom is 0.305 e. The van der Waals surface area contributed by atoms with E-state index in [9.17, 15) is 4.79 Å². The predicted molar refractivity (Wildman–Crippen MR) is 62.4 cm³/mol. The molecule has 0 saturated heterocycles. The molecule has 0 aromatic carbocycles. The van der Waals surface area contributed by atoms with Crippen molar-refractivity contribution in [1.82, 2.24) is 0 Å². The first-order valence-electron chi connectivity index (χ1n) is 6.12. The van der Waals surface area contributed by atoms with Crippen LogP contribution in [0.2, 0.25) is 0 Å². The summed E-state index contributed by atoms with van der Waals surface area (Å²) in [5, 5.41) is 0. The minimum absolute atomic E-state index is 0.148. The molecule has 16 heavy (non-hydrogen) atoms. The Bertz CT molecular complexity index is 159. The molecule has 0 aliphatic carbocycles. The Hall–Kier alpha value is -0.610. The molecule has 0 heterocycles. The Kier molecular flexibility index (Phi) is 12.0. The quantitative estimate of drug-likeness (QED) is 0.404. The van der Waals surface area contributed by atoms with E-state index in [1.54, 1.807) is 0 Å². The zero-order valence-electron chi connectivity index (χ0n) is 10.5. The average Bonchev–Trinajstić information content (AvgIpc) is 2.27. The van der Waals surface area contributed by atoms with Crippen molar-refractivity contribution in [2.24, 2.45) is 0 Å². The molecule has 0 amide bonds. The van der Waals surface area contributed by atoms with Gasteiger partial charge in [0, 0.05) is 19.6 Å². The lowest BCUT2D eigenvalue weighted by atomic mass is 10.3. The van der Waals surface area contributed by atoms with Gasteiger partial charge in [0.05, 0.1) is 19.8 Å². The van der Waals surface area contributed by atoms with Crippen molar-refractivity contribution in [2.75, 3.05) is 33.0 Å². The molecule has 0 aliphatic heterocycles. The smallest absolute Gasteiger partial charge is 0.305 e. The molecule has 0 aliphatic rings. The second-order valence-corrected chi connectivity index (χ2v) is 3.49. The molecule has 0 atom stereocenters. The number of carbonyl (C=O) groups is 1. The molecule has 0 saturated carbocycles. The first-order chi connectivity index (χ1) is 7.81. The van der Waals surface area contributed by atoms with Crippen LogP contribution in [0.1, 0.15) is 39.5 Å². The Morgan fingerprint density at radius 1 is 0.938 bits per heavy atom. The van der Waals surface area contributed by atoms with E-state index >= 15 is 0 Å². The third kappa shape index (κ3) is 11.5. The summed E-state index contributed by atoms with van der Waals surface area (Å²) in [6, 6.07) is 0. The fourth-order valence-electron chi connectivity index (χ4n) is 1.12. The highest BCUT2D eigenvalue weighted by molar-refractivity contribution is 5.69. The molecule has 96 valence electrons. The number of ether oxygens (including phenoxy) is 3. The molecule has 0 radical (unpaired) electrons. The molecule has 4 heteroatoms. The van der Waals surface area contributed by atoms with Crippen LogP contribution in [0.25, 0.3) is 0 Å². The Morgan fingerprint density at radius 2 is 1.56 bits per heavy atom. The fourth-order valence-corrected chi connectivity index (χ4v) is 1.12. The standard InChI is InChI=1S/C12H24O4/c1-3-5-8-14-10-11-15-9-6-7-12(13)16-4-2/h3-11H2,1-2H3. The van der Waals surface area contributed by atoms with Crippen molar-refractivity contribution in [3.8, 4) is 0 Å². The fraction of sp³-hybridized carbons (Fsp3) is 0.917. The van der Waals surface area contributed by atoms with Gasteiger partial charge in [-0.05, 0) is 19.8 Å². The summed E-state index contributed by atoms with van der Waals surface area (Å²) in [4.78, 5) is 10.9. The van der Waals surface area contributed by atoms with Crippen LogP contribution < -0.4 is 0 Å². The van der Waals surface area contributed by atoms with Crippen LogP contribution in [0.5, 0.6) is 0 Å². The summed E-state index contributed by atoms with van der Waals surface area (Å²) in [5.74, 6) is -0.148. The van der Waals surface area contributed by atoms with E-state index in [1.807, 2.05) is 6.92 Å². The third-order valence-electron chi connectivity index (χ3n) is 1.99. The van der Waals surface area contributed by atoms with Gasteiger partial charge in [-0.1, -0.05) is 13.3 Å². The van der Waals surface area contributed by atoms with Gasteiger partial charge in [-0.15, -0.1) is 0 Å². The summed E-state index contributed by atoms with van der Waals surface area (Å²) >= 11 is 0. The molecule has 0 aromatic heterocycles. The van der Waals surface area contributed by atoms with Crippen molar-refractivity contribution in [2.45, 2.75) is 39.5 Å². The summed E-state index contributed by atoms with van der Waals surface area (Å²) in [6.45, 7) is 7.03. The Morgan fingerprint density at radius 3 is 2.12 bits per heavy atom. The van der Waals surface area contributed by atoms with Crippen LogP contribution in [0.3, 0.4) is 0 Å². The molecule has 0 rings (SSSR count). The molecule has 0 spiro atoms. The van der Waals surface area contributed by atoms with E-state index in [4.69, 9.17) is 14.2 Å². The summed E-state index contributed by atoms with van der Waals surface area (Å²) in [6.07, 6.45) is 3.40. The second-order valence-electron chi connectivity index (χ2n) is 3.49. The van der Waals surface area contributed by atoms with Crippen molar-refractivity contribution in [3.63, 3.8) is 0 Å². The minimum atomic E-state index is -0.148. The topological polar surface area (TPSA) is 44.8 Å². The summed E-state index contributed by atoms with van der Waals surface area (Å²) < 4.78 is 15.4. The second kappa shape index (κ2) is 12.5. The monoisotopic (exact) mass is 232 g/mol. The maximum absolute atomic E-state index is 10.9. The van der Waals surface area contributed by atoms with E-state index in [0.717, 1.165) is 19.4 Å². The van der Waals surface area contributed by atoms with Gasteiger partial charge in [-0.25, -0.2) is 0 Å². The van der Waals surface area contributed by atoms with Gasteiger partial charge in [0.25, 0.3) is 0 Å². The lowest BCUT2D eigenvalue weighted by molar-refractivity contribution is -0.143. The van der Waals surface area contributed by atoms with Crippen LogP contribution in [0.4, 0.5) is 0 Å². The van der Waals surface area contributed by atoms with E-state index in [0.29, 0.717) is 39.3 Å². The van der Waals surface area contributed by atoms with Crippen molar-refractivity contribution in [3.05, 3.63) is 0 Å². The normalized spacial score (nSPS) is 10.4. The average molecular weight is 232 g/mol. The van der Waals surface area contributed by atoms with E-state index in [-0.39, 0.29) is 5.97 Å². The predicted octanol–water partition coefficient (Wildman–Crippen LogP) is 2.16. The Balaban J connectivity index is 3.01. The van der Waals surface area contributed by atoms with Crippen LogP contribution in [-0.4, -0.2) is 39.0 Å². The van der Waals surface area contributed by atoms with Crippen molar-refractivity contribution >= 4 is 5.97 Å². The van der Waals surface area contributed by atoms with Gasteiger partial charge < -0.3 is 14.2 Å². The molecule has 4 nitrogen and oxygen atoms in total. The number of rotatable bonds is 11. The molecule has 0 fully saturated rings. The van der Waals surface area contributed by atoms with Crippen LogP contribution in [0.15, 0.2) is 0 Å². The first-order valence-corrected chi connectivity index (χ1v) is 6.12. The number of hydrogen-bond donors (Lipinski definition) is 0. The third-order valence-corrected chi connectivity index (χ3v) is 1.99. The van der Waals surface area contributed by atoms with Crippen molar-refractivity contribution < 1.29 is 19.0 Å². The van der Waals surface area contributed by atoms with Crippen LogP contribution >= 0.6 is 0 Å². The SMILES string of the molecule is CCCCOCCOCCCC(=O)OCC. The highest BCUT2D eigenvalue weighted by Crippen LogP contribution is 1.94.